The molecule has 0 amide bonds. The molecule has 5 heteroatoms. The number of benzene rings is 1. The van der Waals surface area contributed by atoms with Crippen molar-refractivity contribution in [1.29, 1.82) is 0 Å². The second-order valence-electron chi connectivity index (χ2n) is 3.78. The van der Waals surface area contributed by atoms with E-state index in [-0.39, 0.29) is 5.56 Å². The smallest absolute Gasteiger partial charge is 0.423 e. The highest BCUT2D eigenvalue weighted by Gasteiger charge is 2.09. The molecule has 1 heterocycles. The van der Waals surface area contributed by atoms with Gasteiger partial charge in [0.15, 0.2) is 0 Å². The van der Waals surface area contributed by atoms with E-state index in [0.29, 0.717) is 12.0 Å². The lowest BCUT2D eigenvalue weighted by Crippen LogP contribution is -2.29. The normalized spacial score (nSPS) is 10.2. The molecule has 86 valence electrons. The average Bonchev–Trinajstić information content (AvgIpc) is 2.33. The molecule has 2 rings (SSSR count). The minimum atomic E-state index is -1.46. The molecule has 17 heavy (non-hydrogen) atoms. The van der Waals surface area contributed by atoms with E-state index < -0.39 is 7.12 Å². The molecule has 0 bridgehead atoms. The Hall–Kier alpha value is -1.85. The fourth-order valence-electron chi connectivity index (χ4n) is 1.58. The van der Waals surface area contributed by atoms with Crippen molar-refractivity contribution < 1.29 is 10.0 Å². The van der Waals surface area contributed by atoms with Crippen LogP contribution in [0.4, 0.5) is 0 Å². The number of hydrogen-bond donors (Lipinski definition) is 2. The fraction of sp³-hybridized carbons (Fsp3) is 0.0833. The maximum absolute atomic E-state index is 11.5. The molecule has 0 saturated heterocycles. The lowest BCUT2D eigenvalue weighted by Gasteiger charge is -2.06. The minimum absolute atomic E-state index is 0.0567. The third-order valence-electron chi connectivity index (χ3n) is 2.53. The predicted molar refractivity (Wildman–Crippen MR) is 66.1 cm³/mol. The van der Waals surface area contributed by atoms with Crippen molar-refractivity contribution in [2.45, 2.75) is 6.54 Å². The van der Waals surface area contributed by atoms with Gasteiger partial charge in [0.2, 0.25) is 0 Å². The van der Waals surface area contributed by atoms with Crippen LogP contribution in [0, 0.1) is 0 Å². The zero-order valence-electron chi connectivity index (χ0n) is 9.15. The number of nitrogens with zero attached hydrogens (tertiary/aromatic N) is 1. The topological polar surface area (TPSA) is 62.5 Å². The first-order valence-corrected chi connectivity index (χ1v) is 5.27. The zero-order chi connectivity index (χ0) is 12.3. The highest BCUT2D eigenvalue weighted by molar-refractivity contribution is 6.58. The van der Waals surface area contributed by atoms with Crippen molar-refractivity contribution in [3.8, 4) is 0 Å². The van der Waals surface area contributed by atoms with Gasteiger partial charge in [-0.15, -0.1) is 0 Å². The Morgan fingerprint density at radius 2 is 1.76 bits per heavy atom. The van der Waals surface area contributed by atoms with Gasteiger partial charge in [0.1, 0.15) is 0 Å². The number of rotatable bonds is 3. The molecular weight excluding hydrogens is 217 g/mol. The molecule has 0 atom stereocenters. The van der Waals surface area contributed by atoms with Gasteiger partial charge in [-0.3, -0.25) is 4.79 Å². The average molecular weight is 229 g/mol. The van der Waals surface area contributed by atoms with Gasteiger partial charge in [0, 0.05) is 12.3 Å². The van der Waals surface area contributed by atoms with Crippen molar-refractivity contribution >= 4 is 12.6 Å². The lowest BCUT2D eigenvalue weighted by atomic mass is 9.80. The van der Waals surface area contributed by atoms with Crippen LogP contribution >= 0.6 is 0 Å². The summed E-state index contributed by atoms with van der Waals surface area (Å²) in [5, 5.41) is 17.9. The molecule has 0 aliphatic rings. The van der Waals surface area contributed by atoms with Gasteiger partial charge in [0.05, 0.1) is 6.54 Å². The summed E-state index contributed by atoms with van der Waals surface area (Å²) >= 11 is 0. The van der Waals surface area contributed by atoms with Crippen molar-refractivity contribution in [3.05, 3.63) is 64.6 Å². The molecule has 1 aromatic heterocycles. The summed E-state index contributed by atoms with van der Waals surface area (Å²) < 4.78 is 1.59. The Kier molecular flexibility index (Phi) is 3.42. The van der Waals surface area contributed by atoms with E-state index in [1.807, 2.05) is 0 Å². The van der Waals surface area contributed by atoms with Crippen LogP contribution in [-0.2, 0) is 6.54 Å². The van der Waals surface area contributed by atoms with Crippen LogP contribution in [-0.4, -0.2) is 21.7 Å². The molecule has 0 unspecified atom stereocenters. The Morgan fingerprint density at radius 3 is 2.35 bits per heavy atom. The standard InChI is InChI=1S/C12H12BNO3/c15-12-3-1-2-8-14(12)9-10-4-6-11(7-5-10)13(16)17/h1-8,16-17H,9H2. The van der Waals surface area contributed by atoms with Gasteiger partial charge in [-0.1, -0.05) is 30.3 Å². The molecule has 2 N–H and O–H groups in total. The predicted octanol–water partition coefficient (Wildman–Crippen LogP) is -0.424. The molecule has 4 nitrogen and oxygen atoms in total. The van der Waals surface area contributed by atoms with E-state index in [4.69, 9.17) is 10.0 Å². The van der Waals surface area contributed by atoms with E-state index in [0.717, 1.165) is 5.56 Å². The van der Waals surface area contributed by atoms with E-state index in [2.05, 4.69) is 0 Å². The van der Waals surface area contributed by atoms with Crippen LogP contribution in [0.5, 0.6) is 0 Å². The Morgan fingerprint density at radius 1 is 1.06 bits per heavy atom. The summed E-state index contributed by atoms with van der Waals surface area (Å²) in [4.78, 5) is 11.5. The molecule has 0 aliphatic heterocycles. The second kappa shape index (κ2) is 4.99. The Balaban J connectivity index is 2.20. The van der Waals surface area contributed by atoms with Gasteiger partial charge in [0.25, 0.3) is 5.56 Å². The van der Waals surface area contributed by atoms with Gasteiger partial charge in [-0.05, 0) is 17.1 Å². The second-order valence-corrected chi connectivity index (χ2v) is 3.78. The SMILES string of the molecule is O=c1ccccn1Cc1ccc(B(O)O)cc1. The lowest BCUT2D eigenvalue weighted by molar-refractivity contribution is 0.426. The number of pyridine rings is 1. The monoisotopic (exact) mass is 229 g/mol. The highest BCUT2D eigenvalue weighted by Crippen LogP contribution is 1.99. The number of hydrogen-bond acceptors (Lipinski definition) is 3. The molecule has 0 radical (unpaired) electrons. The minimum Gasteiger partial charge on any atom is -0.423 e. The van der Waals surface area contributed by atoms with Crippen molar-refractivity contribution in [1.82, 2.24) is 4.57 Å². The van der Waals surface area contributed by atoms with Crippen LogP contribution in [0.15, 0.2) is 53.5 Å². The van der Waals surface area contributed by atoms with Gasteiger partial charge in [-0.25, -0.2) is 0 Å². The summed E-state index contributed by atoms with van der Waals surface area (Å²) in [5.74, 6) is 0. The molecular formula is C12H12BNO3. The maximum atomic E-state index is 11.5. The van der Waals surface area contributed by atoms with Crippen LogP contribution in [0.3, 0.4) is 0 Å². The summed E-state index contributed by atoms with van der Waals surface area (Å²) in [6.45, 7) is 0.474. The van der Waals surface area contributed by atoms with Gasteiger partial charge >= 0.3 is 7.12 Å². The molecule has 0 spiro atoms. The van der Waals surface area contributed by atoms with Crippen LogP contribution < -0.4 is 11.0 Å². The van der Waals surface area contributed by atoms with Gasteiger partial charge < -0.3 is 14.6 Å². The van der Waals surface area contributed by atoms with Gasteiger partial charge in [-0.2, -0.15) is 0 Å². The van der Waals surface area contributed by atoms with E-state index in [1.165, 1.54) is 6.07 Å². The van der Waals surface area contributed by atoms with Crippen molar-refractivity contribution in [3.63, 3.8) is 0 Å². The third-order valence-corrected chi connectivity index (χ3v) is 2.53. The van der Waals surface area contributed by atoms with Crippen molar-refractivity contribution in [2.75, 3.05) is 0 Å². The van der Waals surface area contributed by atoms with E-state index in [1.54, 1.807) is 47.2 Å². The molecule has 0 saturated carbocycles. The summed E-state index contributed by atoms with van der Waals surface area (Å²) in [7, 11) is -1.46. The quantitative estimate of drug-likeness (QED) is 0.702. The largest absolute Gasteiger partial charge is 0.488 e. The highest BCUT2D eigenvalue weighted by atomic mass is 16.4. The van der Waals surface area contributed by atoms with E-state index in [9.17, 15) is 4.79 Å². The molecule has 0 aliphatic carbocycles. The van der Waals surface area contributed by atoms with Crippen LogP contribution in [0.1, 0.15) is 5.56 Å². The van der Waals surface area contributed by atoms with Crippen molar-refractivity contribution in [2.24, 2.45) is 0 Å². The summed E-state index contributed by atoms with van der Waals surface area (Å²) in [6, 6.07) is 11.8. The molecule has 1 aromatic carbocycles. The first-order chi connectivity index (χ1) is 8.16. The zero-order valence-corrected chi connectivity index (χ0v) is 9.15. The fourth-order valence-corrected chi connectivity index (χ4v) is 1.58. The maximum Gasteiger partial charge on any atom is 0.488 e. The third kappa shape index (κ3) is 2.84. The Bertz CT molecular complexity index is 548. The van der Waals surface area contributed by atoms with Crippen LogP contribution in [0.2, 0.25) is 0 Å². The van der Waals surface area contributed by atoms with Crippen LogP contribution in [0.25, 0.3) is 0 Å². The Labute approximate surface area is 98.9 Å². The summed E-state index contributed by atoms with van der Waals surface area (Å²) in [6.07, 6.45) is 1.72. The van der Waals surface area contributed by atoms with E-state index >= 15 is 0 Å². The first kappa shape index (κ1) is 11.6. The number of aromatic nitrogens is 1. The first-order valence-electron chi connectivity index (χ1n) is 5.27. The molecule has 2 aromatic rings. The summed E-state index contributed by atoms with van der Waals surface area (Å²) in [5.41, 5.74) is 1.32. The molecule has 0 fully saturated rings.